The average molecular weight is 233 g/mol. The molecule has 0 bridgehead atoms. The summed E-state index contributed by atoms with van der Waals surface area (Å²) in [5.74, 6) is -0.544. The third-order valence-corrected chi connectivity index (χ3v) is 2.06. The Morgan fingerprint density at radius 2 is 2.20 bits per heavy atom. The summed E-state index contributed by atoms with van der Waals surface area (Å²) in [6.45, 7) is 1.52. The third kappa shape index (κ3) is 2.76. The Hall–Kier alpha value is -1.43. The smallest absolute Gasteiger partial charge is 0.505 e. The van der Waals surface area contributed by atoms with E-state index in [1.54, 1.807) is 0 Å². The molecule has 5 N–H and O–H groups in total. The van der Waals surface area contributed by atoms with Crippen molar-refractivity contribution in [1.29, 1.82) is 0 Å². The van der Waals surface area contributed by atoms with E-state index in [4.69, 9.17) is 15.2 Å². The zero-order valence-corrected chi connectivity index (χ0v) is 8.68. The molecule has 1 aromatic heterocycles. The van der Waals surface area contributed by atoms with Crippen LogP contribution in [0.5, 0.6) is 11.5 Å². The number of phosphoric acid groups is 1. The van der Waals surface area contributed by atoms with Gasteiger partial charge in [-0.1, -0.05) is 0 Å². The van der Waals surface area contributed by atoms with Crippen LogP contribution < -0.4 is 9.93 Å². The Balaban J connectivity index is 3.25. The molecule has 1 aromatic rings. The quantitative estimate of drug-likeness (QED) is 0.381. The maximum Gasteiger partial charge on any atom is 0.524 e. The number of hydrogen-bond donors (Lipinski definition) is 4. The SMILES string of the molecule is Cc1ncc(OP(=O)(O)O)c(C=[NH2+])c1O. The zero-order valence-electron chi connectivity index (χ0n) is 7.78. The molecule has 0 aliphatic carbocycles. The van der Waals surface area contributed by atoms with Crippen LogP contribution in [-0.4, -0.2) is 26.1 Å². The lowest BCUT2D eigenvalue weighted by Crippen LogP contribution is -2.30. The number of phosphoric ester groups is 1. The van der Waals surface area contributed by atoms with Gasteiger partial charge in [0.25, 0.3) is 0 Å². The van der Waals surface area contributed by atoms with E-state index in [9.17, 15) is 9.67 Å². The number of aryl methyl sites for hydroxylation is 1. The highest BCUT2D eigenvalue weighted by Gasteiger charge is 2.21. The predicted molar refractivity (Wildman–Crippen MR) is 50.4 cm³/mol. The molecule has 0 atom stereocenters. The summed E-state index contributed by atoms with van der Waals surface area (Å²) in [5.41, 5.74) is 0.274. The third-order valence-electron chi connectivity index (χ3n) is 1.62. The van der Waals surface area contributed by atoms with Crippen LogP contribution in [0, 0.1) is 6.92 Å². The molecule has 0 radical (unpaired) electrons. The van der Waals surface area contributed by atoms with Crippen molar-refractivity contribution >= 4 is 14.0 Å². The second kappa shape index (κ2) is 3.98. The Morgan fingerprint density at radius 3 is 2.67 bits per heavy atom. The molecule has 0 aliphatic rings. The fraction of sp³-hybridized carbons (Fsp3) is 0.143. The summed E-state index contributed by atoms with van der Waals surface area (Å²) in [7, 11) is -4.69. The van der Waals surface area contributed by atoms with Crippen LogP contribution in [-0.2, 0) is 4.57 Å². The molecule has 0 spiro atoms. The van der Waals surface area contributed by atoms with E-state index in [-0.39, 0.29) is 22.8 Å². The van der Waals surface area contributed by atoms with E-state index in [1.165, 1.54) is 6.92 Å². The fourth-order valence-corrected chi connectivity index (χ4v) is 1.36. The second-order valence-corrected chi connectivity index (χ2v) is 3.88. The lowest BCUT2D eigenvalue weighted by Gasteiger charge is -2.09. The summed E-state index contributed by atoms with van der Waals surface area (Å²) in [4.78, 5) is 20.8. The summed E-state index contributed by atoms with van der Waals surface area (Å²) in [6.07, 6.45) is 2.06. The molecule has 0 unspecified atom stereocenters. The predicted octanol–water partition coefficient (Wildman–Crippen LogP) is -1.25. The molecule has 8 heteroatoms. The van der Waals surface area contributed by atoms with E-state index in [0.29, 0.717) is 0 Å². The fourth-order valence-electron chi connectivity index (χ4n) is 0.960. The van der Waals surface area contributed by atoms with Crippen molar-refractivity contribution in [2.45, 2.75) is 6.92 Å². The maximum absolute atomic E-state index is 10.6. The Kier molecular flexibility index (Phi) is 3.09. The number of pyridine rings is 1. The van der Waals surface area contributed by atoms with E-state index < -0.39 is 7.82 Å². The van der Waals surface area contributed by atoms with Crippen LogP contribution >= 0.6 is 7.82 Å². The second-order valence-electron chi connectivity index (χ2n) is 2.72. The molecule has 0 saturated heterocycles. The van der Waals surface area contributed by atoms with Crippen LogP contribution in [0.15, 0.2) is 6.20 Å². The van der Waals surface area contributed by atoms with Gasteiger partial charge in [-0.15, -0.1) is 0 Å². The van der Waals surface area contributed by atoms with Gasteiger partial charge in [0.2, 0.25) is 0 Å². The first-order chi connectivity index (χ1) is 6.85. The van der Waals surface area contributed by atoms with Crippen molar-refractivity contribution in [2.24, 2.45) is 0 Å². The average Bonchev–Trinajstić information content (AvgIpc) is 2.10. The zero-order chi connectivity index (χ0) is 11.6. The minimum Gasteiger partial charge on any atom is -0.505 e. The number of hydrogen-bond acceptors (Lipinski definition) is 4. The highest BCUT2D eigenvalue weighted by molar-refractivity contribution is 7.46. The first-order valence-electron chi connectivity index (χ1n) is 3.84. The standard InChI is InChI=1S/C7H9N2O5P/c1-4-7(10)5(2-8)6(3-9-4)14-15(11,12)13/h2-3,8,10H,1H3,(H2,11,12,13)/p+1. The minimum atomic E-state index is -4.69. The molecule has 1 rings (SSSR count). The Labute approximate surface area is 85.1 Å². The van der Waals surface area contributed by atoms with Gasteiger partial charge in [-0.2, -0.15) is 0 Å². The minimum absolute atomic E-state index is 0.00850. The molecule has 0 fully saturated rings. The highest BCUT2D eigenvalue weighted by Crippen LogP contribution is 2.40. The molecule has 0 saturated carbocycles. The monoisotopic (exact) mass is 233 g/mol. The topological polar surface area (TPSA) is 125 Å². The molecule has 0 amide bonds. The van der Waals surface area contributed by atoms with Gasteiger partial charge < -0.3 is 9.63 Å². The van der Waals surface area contributed by atoms with E-state index in [2.05, 4.69) is 9.51 Å². The van der Waals surface area contributed by atoms with Gasteiger partial charge in [0, 0.05) is 0 Å². The first kappa shape index (κ1) is 11.6. The van der Waals surface area contributed by atoms with Crippen molar-refractivity contribution in [2.75, 3.05) is 0 Å². The van der Waals surface area contributed by atoms with Gasteiger partial charge in [0.1, 0.15) is 5.56 Å². The van der Waals surface area contributed by atoms with Crippen molar-refractivity contribution in [3.8, 4) is 11.5 Å². The van der Waals surface area contributed by atoms with Crippen molar-refractivity contribution in [1.82, 2.24) is 4.98 Å². The van der Waals surface area contributed by atoms with Gasteiger partial charge in [0.15, 0.2) is 17.7 Å². The molecule has 1 heterocycles. The lowest BCUT2D eigenvalue weighted by atomic mass is 10.2. The van der Waals surface area contributed by atoms with Gasteiger partial charge in [-0.05, 0) is 6.92 Å². The molecule has 82 valence electrons. The Morgan fingerprint density at radius 1 is 1.60 bits per heavy atom. The van der Waals surface area contributed by atoms with Crippen LogP contribution in [0.25, 0.3) is 0 Å². The van der Waals surface area contributed by atoms with Gasteiger partial charge >= 0.3 is 7.82 Å². The number of nitrogens with zero attached hydrogens (tertiary/aromatic N) is 1. The van der Waals surface area contributed by atoms with E-state index >= 15 is 0 Å². The van der Waals surface area contributed by atoms with E-state index in [0.717, 1.165) is 12.4 Å². The summed E-state index contributed by atoms with van der Waals surface area (Å²) < 4.78 is 14.9. The molecule has 0 aliphatic heterocycles. The van der Waals surface area contributed by atoms with Crippen LogP contribution in [0.2, 0.25) is 0 Å². The summed E-state index contributed by atoms with van der Waals surface area (Å²) >= 11 is 0. The largest absolute Gasteiger partial charge is 0.524 e. The van der Waals surface area contributed by atoms with Gasteiger partial charge in [-0.25, -0.2) is 4.57 Å². The van der Waals surface area contributed by atoms with Crippen molar-refractivity contribution in [3.63, 3.8) is 0 Å². The molecule has 15 heavy (non-hydrogen) atoms. The number of nitrogens with two attached hydrogens (primary N) is 1. The number of rotatable bonds is 3. The molecular weight excluding hydrogens is 223 g/mol. The number of aromatic nitrogens is 1. The van der Waals surface area contributed by atoms with Crippen LogP contribution in [0.1, 0.15) is 11.3 Å². The maximum atomic E-state index is 10.6. The van der Waals surface area contributed by atoms with Crippen molar-refractivity contribution in [3.05, 3.63) is 17.5 Å². The number of aromatic hydroxyl groups is 1. The molecule has 7 nitrogen and oxygen atoms in total. The van der Waals surface area contributed by atoms with E-state index in [1.807, 2.05) is 0 Å². The first-order valence-corrected chi connectivity index (χ1v) is 5.37. The van der Waals surface area contributed by atoms with Gasteiger partial charge in [0.05, 0.1) is 11.9 Å². The lowest BCUT2D eigenvalue weighted by molar-refractivity contribution is -0.104. The summed E-state index contributed by atoms with van der Waals surface area (Å²) in [5, 5.41) is 14.7. The van der Waals surface area contributed by atoms with Crippen molar-refractivity contribution < 1.29 is 29.4 Å². The Bertz CT molecular complexity index is 441. The normalized spacial score (nSPS) is 11.1. The molecular formula is C7H10N2O5P+. The highest BCUT2D eigenvalue weighted by atomic mass is 31.2. The van der Waals surface area contributed by atoms with Crippen LogP contribution in [0.3, 0.4) is 0 Å². The van der Waals surface area contributed by atoms with Crippen LogP contribution in [0.4, 0.5) is 0 Å². The molecule has 0 aromatic carbocycles. The summed E-state index contributed by atoms with van der Waals surface area (Å²) in [6, 6.07) is 0. The van der Waals surface area contributed by atoms with Gasteiger partial charge in [-0.3, -0.25) is 20.2 Å².